The van der Waals surface area contributed by atoms with Crippen molar-refractivity contribution in [3.63, 3.8) is 0 Å². The Morgan fingerprint density at radius 3 is 1.51 bits per heavy atom. The average Bonchev–Trinajstić information content (AvgIpc) is 3.17. The SMILES string of the molecule is CC/C=C/C/C=C/C/C=C/CCCCCCCC(=O)OC[C@H](COP(=O)(O)OC[C@@H](O)CO)OC(=O)CCCCCCCCC/C=C/C/C=C/CCCCC. The second kappa shape index (κ2) is 39.9. The Kier molecular flexibility index (Phi) is 38.2. The molecule has 55 heavy (non-hydrogen) atoms. The molecular formula is C44H77O10P. The minimum atomic E-state index is -4.62. The highest BCUT2D eigenvalue weighted by atomic mass is 31.2. The lowest BCUT2D eigenvalue weighted by Gasteiger charge is -2.20. The van der Waals surface area contributed by atoms with Gasteiger partial charge in [0.1, 0.15) is 12.7 Å². The van der Waals surface area contributed by atoms with Crippen LogP contribution in [0.1, 0.15) is 168 Å². The maximum absolute atomic E-state index is 12.6. The van der Waals surface area contributed by atoms with Crippen molar-refractivity contribution in [1.29, 1.82) is 0 Å². The number of allylic oxidation sites excluding steroid dienone is 10. The summed E-state index contributed by atoms with van der Waals surface area (Å²) in [5, 5.41) is 18.3. The molecule has 0 amide bonds. The number of unbranched alkanes of at least 4 members (excludes halogenated alkanes) is 15. The summed E-state index contributed by atoms with van der Waals surface area (Å²) < 4.78 is 32.7. The number of phosphoric acid groups is 1. The van der Waals surface area contributed by atoms with Crippen molar-refractivity contribution in [2.45, 2.75) is 180 Å². The highest BCUT2D eigenvalue weighted by Gasteiger charge is 2.27. The zero-order valence-electron chi connectivity index (χ0n) is 34.4. The molecule has 0 heterocycles. The van der Waals surface area contributed by atoms with E-state index in [1.54, 1.807) is 0 Å². The number of carbonyl (C=O) groups is 2. The minimum absolute atomic E-state index is 0.169. The van der Waals surface area contributed by atoms with Crippen molar-refractivity contribution in [2.75, 3.05) is 26.4 Å². The number of phosphoric ester groups is 1. The highest BCUT2D eigenvalue weighted by Crippen LogP contribution is 2.43. The van der Waals surface area contributed by atoms with Gasteiger partial charge < -0.3 is 24.6 Å². The van der Waals surface area contributed by atoms with E-state index in [4.69, 9.17) is 19.1 Å². The molecular weight excluding hydrogens is 719 g/mol. The first-order valence-corrected chi connectivity index (χ1v) is 22.7. The molecule has 0 bridgehead atoms. The van der Waals surface area contributed by atoms with Crippen LogP contribution in [0.3, 0.4) is 0 Å². The van der Waals surface area contributed by atoms with Gasteiger partial charge in [0.25, 0.3) is 0 Å². The fraction of sp³-hybridized carbons (Fsp3) is 0.727. The summed E-state index contributed by atoms with van der Waals surface area (Å²) in [4.78, 5) is 35.0. The van der Waals surface area contributed by atoms with Crippen LogP contribution in [0, 0.1) is 0 Å². The molecule has 0 saturated heterocycles. The Morgan fingerprint density at radius 1 is 0.564 bits per heavy atom. The number of hydrogen-bond donors (Lipinski definition) is 3. The Bertz CT molecular complexity index is 1100. The molecule has 0 aliphatic heterocycles. The molecule has 11 heteroatoms. The van der Waals surface area contributed by atoms with Crippen molar-refractivity contribution in [1.82, 2.24) is 0 Å². The van der Waals surface area contributed by atoms with Gasteiger partial charge in [-0.2, -0.15) is 0 Å². The highest BCUT2D eigenvalue weighted by molar-refractivity contribution is 7.47. The van der Waals surface area contributed by atoms with E-state index < -0.39 is 51.8 Å². The summed E-state index contributed by atoms with van der Waals surface area (Å²) in [7, 11) is -4.62. The number of aliphatic hydroxyl groups excluding tert-OH is 2. The minimum Gasteiger partial charge on any atom is -0.462 e. The van der Waals surface area contributed by atoms with Crippen molar-refractivity contribution in [3.05, 3.63) is 60.8 Å². The van der Waals surface area contributed by atoms with E-state index in [0.717, 1.165) is 89.9 Å². The second-order valence-electron chi connectivity index (χ2n) is 14.0. The first kappa shape index (κ1) is 52.7. The first-order valence-electron chi connectivity index (χ1n) is 21.2. The zero-order valence-corrected chi connectivity index (χ0v) is 35.3. The van der Waals surface area contributed by atoms with E-state index in [-0.39, 0.29) is 19.4 Å². The molecule has 318 valence electrons. The lowest BCUT2D eigenvalue weighted by molar-refractivity contribution is -0.161. The van der Waals surface area contributed by atoms with Gasteiger partial charge in [-0.05, 0) is 77.0 Å². The largest absolute Gasteiger partial charge is 0.472 e. The van der Waals surface area contributed by atoms with Crippen molar-refractivity contribution < 1.29 is 47.8 Å². The maximum atomic E-state index is 12.6. The number of ether oxygens (including phenoxy) is 2. The van der Waals surface area contributed by atoms with Crippen LogP contribution in [-0.2, 0) is 32.7 Å². The standard InChI is InChI=1S/C44H77O10P/c1-3-5-7-9-11-13-15-17-19-20-22-24-26-28-30-32-34-36-44(48)54-42(40-53-55(49,50)52-38-41(46)37-45)39-51-43(47)35-33-31-29-27-25-23-21-18-16-14-12-10-8-6-4-2/h6,8,11-14,17-19,21,41-42,45-46H,3-5,7,9-10,15-16,20,22-40H2,1-2H3,(H,49,50)/b8-6+,13-11+,14-12+,19-17+,21-18+/t41-,42+/m0/s1. The summed E-state index contributed by atoms with van der Waals surface area (Å²) in [6, 6.07) is 0. The van der Waals surface area contributed by atoms with Crippen LogP contribution >= 0.6 is 7.82 Å². The first-order chi connectivity index (χ1) is 26.7. The van der Waals surface area contributed by atoms with Gasteiger partial charge in [0.05, 0.1) is 19.8 Å². The lowest BCUT2D eigenvalue weighted by atomic mass is 10.1. The number of carbonyl (C=O) groups excluding carboxylic acids is 2. The predicted molar refractivity (Wildman–Crippen MR) is 224 cm³/mol. The van der Waals surface area contributed by atoms with Gasteiger partial charge in [0.15, 0.2) is 6.10 Å². The van der Waals surface area contributed by atoms with Crippen molar-refractivity contribution in [3.8, 4) is 0 Å². The number of rotatable bonds is 39. The number of hydrogen-bond acceptors (Lipinski definition) is 9. The van der Waals surface area contributed by atoms with Gasteiger partial charge in [-0.15, -0.1) is 0 Å². The van der Waals surface area contributed by atoms with Crippen LogP contribution in [0.2, 0.25) is 0 Å². The smallest absolute Gasteiger partial charge is 0.462 e. The fourth-order valence-corrected chi connectivity index (χ4v) is 6.18. The van der Waals surface area contributed by atoms with Gasteiger partial charge in [-0.3, -0.25) is 18.6 Å². The normalized spacial score (nSPS) is 14.5. The molecule has 0 aromatic rings. The third-order valence-corrected chi connectivity index (χ3v) is 9.61. The Morgan fingerprint density at radius 2 is 1.00 bits per heavy atom. The molecule has 1 unspecified atom stereocenters. The fourth-order valence-electron chi connectivity index (χ4n) is 5.39. The topological polar surface area (TPSA) is 149 Å². The summed E-state index contributed by atoms with van der Waals surface area (Å²) in [6.07, 6.45) is 43.2. The van der Waals surface area contributed by atoms with Gasteiger partial charge >= 0.3 is 19.8 Å². The average molecular weight is 797 g/mol. The summed E-state index contributed by atoms with van der Waals surface area (Å²) in [5.41, 5.74) is 0. The third kappa shape index (κ3) is 39.7. The molecule has 0 fully saturated rings. The van der Waals surface area contributed by atoms with Crippen molar-refractivity contribution in [2.24, 2.45) is 0 Å². The second-order valence-corrected chi connectivity index (χ2v) is 15.4. The quantitative estimate of drug-likeness (QED) is 0.0237. The molecule has 10 nitrogen and oxygen atoms in total. The van der Waals surface area contributed by atoms with Gasteiger partial charge in [0, 0.05) is 12.8 Å². The zero-order chi connectivity index (χ0) is 40.5. The molecule has 0 aromatic heterocycles. The summed E-state index contributed by atoms with van der Waals surface area (Å²) in [6.45, 7) is 2.20. The Labute approximate surface area is 334 Å². The summed E-state index contributed by atoms with van der Waals surface area (Å²) in [5.74, 6) is -0.958. The number of aliphatic hydroxyl groups is 2. The third-order valence-electron chi connectivity index (χ3n) is 8.66. The van der Waals surface area contributed by atoms with Crippen LogP contribution < -0.4 is 0 Å². The summed E-state index contributed by atoms with van der Waals surface area (Å²) >= 11 is 0. The van der Waals surface area contributed by atoms with Gasteiger partial charge in [0.2, 0.25) is 0 Å². The Hall–Kier alpha value is -2.33. The van der Waals surface area contributed by atoms with Crippen LogP contribution in [0.25, 0.3) is 0 Å². The van der Waals surface area contributed by atoms with E-state index in [2.05, 4.69) is 79.1 Å². The Balaban J connectivity index is 4.35. The molecule has 0 rings (SSSR count). The van der Waals surface area contributed by atoms with Gasteiger partial charge in [-0.1, -0.05) is 139 Å². The monoisotopic (exact) mass is 797 g/mol. The van der Waals surface area contributed by atoms with Gasteiger partial charge in [-0.25, -0.2) is 4.57 Å². The van der Waals surface area contributed by atoms with E-state index in [9.17, 15) is 24.2 Å². The predicted octanol–water partition coefficient (Wildman–Crippen LogP) is 11.1. The van der Waals surface area contributed by atoms with Crippen LogP contribution in [0.4, 0.5) is 0 Å². The van der Waals surface area contributed by atoms with E-state index in [1.807, 2.05) is 0 Å². The van der Waals surface area contributed by atoms with E-state index in [1.165, 1.54) is 38.5 Å². The number of esters is 2. The molecule has 0 aromatic carbocycles. The molecule has 0 spiro atoms. The van der Waals surface area contributed by atoms with Crippen LogP contribution in [0.15, 0.2) is 60.8 Å². The molecule has 0 saturated carbocycles. The van der Waals surface area contributed by atoms with E-state index >= 15 is 0 Å². The molecule has 0 aliphatic carbocycles. The van der Waals surface area contributed by atoms with Crippen molar-refractivity contribution >= 4 is 19.8 Å². The van der Waals surface area contributed by atoms with Crippen LogP contribution in [0.5, 0.6) is 0 Å². The lowest BCUT2D eigenvalue weighted by Crippen LogP contribution is -2.29. The van der Waals surface area contributed by atoms with Crippen LogP contribution in [-0.4, -0.2) is 65.7 Å². The molecule has 3 N–H and O–H groups in total. The maximum Gasteiger partial charge on any atom is 0.472 e. The molecule has 3 atom stereocenters. The molecule has 0 radical (unpaired) electrons. The molecule has 0 aliphatic rings. The van der Waals surface area contributed by atoms with E-state index in [0.29, 0.717) is 12.8 Å².